The molecule has 33 heavy (non-hydrogen) atoms. The van der Waals surface area contributed by atoms with E-state index in [9.17, 15) is 4.39 Å². The van der Waals surface area contributed by atoms with Gasteiger partial charge >= 0.3 is 0 Å². The fraction of sp³-hybridized carbons (Fsp3) is 0.333. The Kier molecular flexibility index (Phi) is 6.75. The second kappa shape index (κ2) is 9.71. The van der Waals surface area contributed by atoms with Gasteiger partial charge in [-0.1, -0.05) is 19.9 Å². The van der Waals surface area contributed by atoms with Crippen LogP contribution in [0.5, 0.6) is 0 Å². The van der Waals surface area contributed by atoms with Crippen LogP contribution in [0.3, 0.4) is 0 Å². The Hall–Kier alpha value is -3.25. The number of nitrogen functional groups attached to an aromatic ring is 1. The predicted octanol–water partition coefficient (Wildman–Crippen LogP) is 3.36. The summed E-state index contributed by atoms with van der Waals surface area (Å²) in [6.45, 7) is 8.00. The van der Waals surface area contributed by atoms with Crippen molar-refractivity contribution in [3.05, 3.63) is 82.5 Å². The molecule has 6 heteroatoms. The molecule has 0 fully saturated rings. The minimum atomic E-state index is -0.927. The molecular formula is C27H33FN5+. The molecule has 6 N–H and O–H groups in total. The molecule has 0 spiro atoms. The number of dihydropyridines is 1. The molecule has 0 saturated carbocycles. The topological polar surface area (TPSA) is 88.6 Å². The first kappa shape index (κ1) is 22.9. The number of nitrogens with two attached hydrogens (primary N) is 2. The summed E-state index contributed by atoms with van der Waals surface area (Å²) in [5, 5.41) is 13.5. The summed E-state index contributed by atoms with van der Waals surface area (Å²) in [4.78, 5) is 4.46. The van der Waals surface area contributed by atoms with Crippen LogP contribution in [0, 0.1) is 12.8 Å². The van der Waals surface area contributed by atoms with Gasteiger partial charge in [0.15, 0.2) is 0 Å². The summed E-state index contributed by atoms with van der Waals surface area (Å²) >= 11 is 0. The van der Waals surface area contributed by atoms with Gasteiger partial charge in [-0.3, -0.25) is 10.4 Å². The van der Waals surface area contributed by atoms with Crippen molar-refractivity contribution in [3.63, 3.8) is 0 Å². The smallest absolute Gasteiger partial charge is 0.229 e. The zero-order valence-corrected chi connectivity index (χ0v) is 19.6. The van der Waals surface area contributed by atoms with Crippen LogP contribution < -0.4 is 21.8 Å². The summed E-state index contributed by atoms with van der Waals surface area (Å²) < 4.78 is 13.9. The van der Waals surface area contributed by atoms with Gasteiger partial charge in [0.25, 0.3) is 0 Å². The van der Waals surface area contributed by atoms with Gasteiger partial charge in [0.05, 0.1) is 5.56 Å². The Labute approximate surface area is 195 Å². The van der Waals surface area contributed by atoms with E-state index in [1.807, 2.05) is 36.7 Å². The number of anilines is 1. The Bertz CT molecular complexity index is 1160. The van der Waals surface area contributed by atoms with E-state index in [0.717, 1.165) is 53.2 Å². The van der Waals surface area contributed by atoms with E-state index >= 15 is 0 Å². The number of benzene rings is 1. The van der Waals surface area contributed by atoms with E-state index in [1.165, 1.54) is 11.1 Å². The number of halogens is 1. The van der Waals surface area contributed by atoms with Gasteiger partial charge in [-0.2, -0.15) is 0 Å². The number of aromatic nitrogens is 1. The maximum atomic E-state index is 13.9. The van der Waals surface area contributed by atoms with Gasteiger partial charge in [-0.25, -0.2) is 4.39 Å². The molecule has 2 atom stereocenters. The van der Waals surface area contributed by atoms with Crippen LogP contribution in [0.15, 0.2) is 65.8 Å². The van der Waals surface area contributed by atoms with Crippen molar-refractivity contribution in [2.24, 2.45) is 5.92 Å². The Morgan fingerprint density at radius 2 is 2.12 bits per heavy atom. The van der Waals surface area contributed by atoms with E-state index in [-0.39, 0.29) is 5.92 Å². The highest BCUT2D eigenvalue weighted by Crippen LogP contribution is 2.34. The molecule has 0 saturated heterocycles. The van der Waals surface area contributed by atoms with Crippen molar-refractivity contribution in [2.45, 2.75) is 46.3 Å². The second-order valence-corrected chi connectivity index (χ2v) is 8.71. The summed E-state index contributed by atoms with van der Waals surface area (Å²) in [5.74, 6) is 0.150. The summed E-state index contributed by atoms with van der Waals surface area (Å²) in [6.07, 6.45) is 9.72. The molecular weight excluding hydrogens is 413 g/mol. The highest BCUT2D eigenvalue weighted by molar-refractivity contribution is 6.12. The fourth-order valence-corrected chi connectivity index (χ4v) is 4.58. The van der Waals surface area contributed by atoms with Crippen LogP contribution in [-0.2, 0) is 6.54 Å². The zero-order valence-electron chi connectivity index (χ0n) is 19.6. The van der Waals surface area contributed by atoms with Crippen molar-refractivity contribution in [2.75, 3.05) is 12.3 Å². The van der Waals surface area contributed by atoms with Gasteiger partial charge in [0.1, 0.15) is 11.9 Å². The largest absolute Gasteiger partial charge is 0.398 e. The number of hydrogen-bond donors (Lipinski definition) is 4. The molecule has 1 aliphatic heterocycles. The number of nitrogens with zero attached hydrogens (tertiary/aromatic N) is 1. The highest BCUT2D eigenvalue weighted by Gasteiger charge is 2.29. The first-order chi connectivity index (χ1) is 15.9. The van der Waals surface area contributed by atoms with Crippen LogP contribution in [-0.4, -0.2) is 23.4 Å². The van der Waals surface area contributed by atoms with E-state index < -0.39 is 6.17 Å². The molecule has 5 nitrogen and oxygen atoms in total. The number of pyridine rings is 1. The molecule has 2 aliphatic rings. The van der Waals surface area contributed by atoms with Crippen molar-refractivity contribution in [3.8, 4) is 11.1 Å². The minimum Gasteiger partial charge on any atom is -0.398 e. The van der Waals surface area contributed by atoms with Gasteiger partial charge in [0.2, 0.25) is 5.71 Å². The maximum Gasteiger partial charge on any atom is 0.229 e. The third kappa shape index (κ3) is 4.62. The standard InChI is InChI=1S/C27H32FN5/c1-4-17-11-26(33-25-9-7-20(28)12-21(17)25)27(30)22-10-18(6-8-24(22)29)23-15-32-14-19(16(23)3)13-31-5-2/h6-11,14-15,17,20,30-31,33H,4-5,12-13,29H2,1-3H3/p+1. The third-order valence-electron chi connectivity index (χ3n) is 6.59. The van der Waals surface area contributed by atoms with Crippen molar-refractivity contribution >= 4 is 11.4 Å². The lowest BCUT2D eigenvalue weighted by Crippen LogP contribution is -2.46. The van der Waals surface area contributed by atoms with Crippen LogP contribution in [0.1, 0.15) is 43.4 Å². The van der Waals surface area contributed by atoms with E-state index in [1.54, 1.807) is 6.08 Å². The molecule has 1 aromatic carbocycles. The molecule has 2 aromatic rings. The maximum absolute atomic E-state index is 13.9. The highest BCUT2D eigenvalue weighted by atomic mass is 19.1. The van der Waals surface area contributed by atoms with E-state index in [2.05, 4.69) is 42.5 Å². The molecule has 172 valence electrons. The molecule has 1 aliphatic carbocycles. The summed E-state index contributed by atoms with van der Waals surface area (Å²) in [7, 11) is 0. The molecule has 0 radical (unpaired) electrons. The summed E-state index contributed by atoms with van der Waals surface area (Å²) in [6, 6.07) is 5.94. The number of allylic oxidation sites excluding steroid dienone is 5. The van der Waals surface area contributed by atoms with Crippen molar-refractivity contribution < 1.29 is 9.80 Å². The predicted molar refractivity (Wildman–Crippen MR) is 133 cm³/mol. The second-order valence-electron chi connectivity index (χ2n) is 8.71. The van der Waals surface area contributed by atoms with E-state index in [4.69, 9.17) is 11.1 Å². The monoisotopic (exact) mass is 446 g/mol. The van der Waals surface area contributed by atoms with Gasteiger partial charge < -0.3 is 16.4 Å². The Morgan fingerprint density at radius 3 is 2.88 bits per heavy atom. The SMILES string of the molecule is CCNCc1cncc(-c2ccc(N)c(C(=[NH2+])C3=CC(CC)C4=C(C=CC(F)C4)N3)c2)c1C. The fourth-order valence-electron chi connectivity index (χ4n) is 4.58. The van der Waals surface area contributed by atoms with E-state index in [0.29, 0.717) is 17.8 Å². The molecule has 0 bridgehead atoms. The molecule has 4 rings (SSSR count). The van der Waals surface area contributed by atoms with Gasteiger partial charge in [-0.15, -0.1) is 0 Å². The Balaban J connectivity index is 1.67. The Morgan fingerprint density at radius 1 is 1.30 bits per heavy atom. The average Bonchev–Trinajstić information content (AvgIpc) is 2.82. The van der Waals surface area contributed by atoms with Crippen LogP contribution in [0.25, 0.3) is 11.1 Å². The number of hydrogen-bond acceptors (Lipinski definition) is 4. The lowest BCUT2D eigenvalue weighted by Gasteiger charge is -2.29. The normalized spacial score (nSPS) is 19.7. The lowest BCUT2D eigenvalue weighted by molar-refractivity contribution is -0.112. The summed E-state index contributed by atoms with van der Waals surface area (Å²) in [5.41, 5.74) is 15.7. The third-order valence-corrected chi connectivity index (χ3v) is 6.59. The number of nitrogens with one attached hydrogen (secondary N) is 2. The van der Waals surface area contributed by atoms with Crippen molar-refractivity contribution in [1.29, 1.82) is 0 Å². The molecule has 2 unspecified atom stereocenters. The van der Waals surface area contributed by atoms with Gasteiger partial charge in [-0.05, 0) is 72.5 Å². The molecule has 0 amide bonds. The van der Waals surface area contributed by atoms with Crippen LogP contribution in [0.2, 0.25) is 0 Å². The molecule has 1 aromatic heterocycles. The first-order valence-electron chi connectivity index (χ1n) is 11.6. The zero-order chi connectivity index (χ0) is 23.5. The minimum absolute atomic E-state index is 0.150. The molecule has 2 heterocycles. The van der Waals surface area contributed by atoms with Gasteiger partial charge in [0, 0.05) is 48.2 Å². The first-order valence-corrected chi connectivity index (χ1v) is 11.6. The lowest BCUT2D eigenvalue weighted by atomic mass is 9.83. The van der Waals surface area contributed by atoms with Crippen molar-refractivity contribution in [1.82, 2.24) is 15.6 Å². The average molecular weight is 447 g/mol. The van der Waals surface area contributed by atoms with Crippen LogP contribution in [0.4, 0.5) is 10.1 Å². The number of alkyl halides is 1. The quantitative estimate of drug-likeness (QED) is 0.388. The number of rotatable bonds is 7. The van der Waals surface area contributed by atoms with Crippen LogP contribution >= 0.6 is 0 Å².